The molecule has 26 aromatic rings. The van der Waals surface area contributed by atoms with E-state index in [0.29, 0.717) is 5.46 Å². The third-order valence-corrected chi connectivity index (χ3v) is 29.6. The lowest BCUT2D eigenvalue weighted by atomic mass is 9.76. The van der Waals surface area contributed by atoms with Crippen molar-refractivity contribution in [2.75, 3.05) is 0 Å². The smallest absolute Gasteiger partial charge is 0.423 e. The van der Waals surface area contributed by atoms with Gasteiger partial charge >= 0.3 is 7.12 Å². The monoisotopic (exact) mass is 1960 g/mol. The number of benzene rings is 20. The van der Waals surface area contributed by atoms with Crippen molar-refractivity contribution in [1.29, 1.82) is 0 Å². The summed E-state index contributed by atoms with van der Waals surface area (Å²) in [7, 11) is -1.51. The van der Waals surface area contributed by atoms with Crippen molar-refractivity contribution in [3.63, 3.8) is 0 Å². The normalized spacial score (nSPS) is 12.4. The molecule has 0 aliphatic rings. The zero-order chi connectivity index (χ0) is 130. The highest BCUT2D eigenvalue weighted by atomic mass is 79.9. The molecule has 26 rings (SSSR count). The van der Waals surface area contributed by atoms with Crippen LogP contribution in [0, 0.1) is 0 Å². The van der Waals surface area contributed by atoms with Crippen LogP contribution >= 0.6 is 38.6 Å². The Balaban J connectivity index is 0.000000633. The highest BCUT2D eigenvalue weighted by Crippen LogP contribution is 2.59. The molecule has 6 nitrogen and oxygen atoms in total. The topological polar surface area (TPSA) is 92.0 Å². The molecule has 2 N–H and O–H groups in total. The number of hydrogen-bond donors (Lipinski definition) is 2. The van der Waals surface area contributed by atoms with E-state index in [0.717, 1.165) is 86.8 Å². The zero-order valence-electron chi connectivity index (χ0n) is 113. The molecule has 0 bridgehead atoms. The second kappa shape index (κ2) is 38.6. The first-order chi connectivity index (χ1) is 87.3. The van der Waals surface area contributed by atoms with Gasteiger partial charge in [-0.15, -0.1) is 22.7 Å². The molecule has 11 heteroatoms. The first-order valence-electron chi connectivity index (χ1n) is 65.4. The van der Waals surface area contributed by atoms with Crippen molar-refractivity contribution in [3.8, 4) is 142 Å². The van der Waals surface area contributed by atoms with E-state index in [-0.39, 0.29) is 15.8 Å². The summed E-state index contributed by atoms with van der Waals surface area (Å²) in [4.78, 5) is 24.5. The van der Waals surface area contributed by atoms with E-state index in [1.165, 1.54) is 168 Å². The number of rotatable bonds is 14. The molecule has 0 aliphatic heterocycles. The molecule has 0 saturated heterocycles. The van der Waals surface area contributed by atoms with E-state index >= 15 is 0 Å². The van der Waals surface area contributed by atoms with E-state index in [9.17, 15) is 10.0 Å². The molecule has 0 atom stereocenters. The van der Waals surface area contributed by atoms with Gasteiger partial charge in [0.25, 0.3) is 0 Å². The van der Waals surface area contributed by atoms with E-state index < -0.39 is 7.12 Å². The maximum Gasteiger partial charge on any atom is 0.489 e. The Morgan fingerprint density at radius 1 is 0.221 bits per heavy atom. The van der Waals surface area contributed by atoms with E-state index in [4.69, 9.17) is 71.4 Å². The number of pyridine rings is 4. The van der Waals surface area contributed by atoms with Gasteiger partial charge in [0.15, 0.2) is 0 Å². The van der Waals surface area contributed by atoms with Crippen LogP contribution in [-0.4, -0.2) is 45.5 Å². The third-order valence-electron chi connectivity index (χ3n) is 26.6. The van der Waals surface area contributed by atoms with Crippen LogP contribution < -0.4 is 5.46 Å². The lowest BCUT2D eigenvalue weighted by Crippen LogP contribution is -2.30. The highest BCUT2D eigenvalue weighted by molar-refractivity contribution is 9.10. The van der Waals surface area contributed by atoms with E-state index in [1.54, 1.807) is 12.3 Å². The molecule has 3 radical (unpaired) electrons. The van der Waals surface area contributed by atoms with Crippen molar-refractivity contribution in [1.82, 2.24) is 19.9 Å². The number of fused-ring (bicyclic) bond motifs is 12. The highest BCUT2D eigenvalue weighted by Gasteiger charge is 2.31. The molecule has 0 aliphatic carbocycles. The van der Waals surface area contributed by atoms with E-state index in [2.05, 4.69) is 433 Å². The Labute approximate surface area is 889 Å². The molecule has 697 valence electrons. The number of hydrogen-bond acceptors (Lipinski definition) is 8. The van der Waals surface area contributed by atoms with Gasteiger partial charge in [0.1, 0.15) is 0 Å². The molecule has 6 aromatic heterocycles. The quantitative estimate of drug-likeness (QED) is 0.0640. The lowest BCUT2D eigenvalue weighted by molar-refractivity contribution is 0.426. The van der Waals surface area contributed by atoms with Gasteiger partial charge in [-0.05, 0) is 179 Å². The fourth-order valence-electron chi connectivity index (χ4n) is 20.5. The minimum atomic E-state index is -1.51. The van der Waals surface area contributed by atoms with Crippen LogP contribution in [0.4, 0.5) is 0 Å². The minimum Gasteiger partial charge on any atom is -0.423 e. The Kier molecular flexibility index (Phi) is 19.1. The van der Waals surface area contributed by atoms with Crippen LogP contribution in [0.3, 0.4) is 0 Å². The summed E-state index contributed by atoms with van der Waals surface area (Å²) in [5.41, 5.74) is 30.1. The fraction of sp³-hybridized carbons (Fsp3) is 0.00775. The SMILES string of the molecule is Brc1cccc(-c2sc(-c3c4ccccc4c(-c4ccccc4)c4ccccc34)c(-c3ccccc3)c2-c2ccccc2)c1.C.OB(O)c1ccc(-c2ccc3ccc4cccnc4c3n2)c2ccccc12.[2H][2H].[2H][2H].[2H][2H].[2H][2H].[2H][2H].[2H][2H].[2H][2H].[2H][2H].[2H][2H].[2H][2H].[2H][2H].[2H][2H].[2H][2H].[2H][2H].[2H][2H].[2H][2H].[2H][2H].[2H][2H].[2H][2H].[B].c1ccc(-c2c(-c3cccc(-c4ccc(-c5ccc6ccc7cccnc7c6n5)c5ccccc45)c3)sc(-c3c4ccccc4c(-c4ccccc4)c4ccccc34)c2-c2ccccc2)cc1. The summed E-state index contributed by atoms with van der Waals surface area (Å²) in [6, 6.07) is 169. The summed E-state index contributed by atoms with van der Waals surface area (Å²) >= 11 is 7.57. The van der Waals surface area contributed by atoms with E-state index in [1.807, 2.05) is 83.5 Å². The van der Waals surface area contributed by atoms with Gasteiger partial charge in [0.2, 0.25) is 0 Å². The predicted molar refractivity (Wildman–Crippen MR) is 642 cm³/mol. The number of aromatic nitrogens is 4. The zero-order valence-corrected chi connectivity index (χ0v) is 78.4. The Morgan fingerprint density at radius 2 is 0.493 bits per heavy atom. The summed E-state index contributed by atoms with van der Waals surface area (Å²) in [5, 5.41) is 37.8. The largest absolute Gasteiger partial charge is 0.489 e. The molecule has 0 unspecified atom stereocenters. The average Bonchev–Trinajstić information content (AvgIpc) is 1.55. The van der Waals surface area contributed by atoms with Gasteiger partial charge in [0, 0.05) is 167 Å². The second-order valence-electron chi connectivity index (χ2n) is 34.6. The molecule has 0 saturated carbocycles. The summed E-state index contributed by atoms with van der Waals surface area (Å²) in [5.74, 6) is 0. The Bertz CT molecular complexity index is 9230. The van der Waals surface area contributed by atoms with Crippen molar-refractivity contribution >= 4 is 168 Å². The second-order valence-corrected chi connectivity index (χ2v) is 37.6. The summed E-state index contributed by atoms with van der Waals surface area (Å²) in [6.45, 7) is 0. The molecule has 20 aromatic carbocycles. The molecular weight excluding hydrogens is 1800 g/mol. The summed E-state index contributed by atoms with van der Waals surface area (Å²) in [6.07, 6.45) is 3.63. The molecule has 140 heavy (non-hydrogen) atoms. The number of thiophene rings is 2. The number of nitrogens with zero attached hydrogens (tertiary/aromatic N) is 4. The standard InChI is InChI=1S/C64H40N2S.C42H27BrS.C22H15BN2O2.CH4.B.19H2/c1-4-18-41(19-5-1)57-52-29-12-14-31-54(52)60(55-32-15-13-30-53(55)57)64-59(43-22-8-3-9-23-43)58(42-20-6-2-7-21-42)63(67-64)47-25-16-24-46(40-47)48-36-37-51(50-28-11-10-27-49(48)50)56-38-35-45-34-33-44-26-17-39-65-61(44)62(45)66-56;43-32-22-14-21-31(27-32)41-38(29-17-6-2-7-18-29)39(30-19-8-3-9-20-30)42(44-41)40-35-25-12-10-23-33(35)37(28-15-4-1-5-16-28)34-24-11-13-26-36(34)40;26-23(27)19-11-10-18(16-5-1-2-6-17(16)19)20-12-9-15-8-7-14-4-3-13-24-21(14)22(15)25-20;;;;;;;;;;;;;;;;;;;;;/h1-40H;1-27H;1-13,26-27H;1H4;;19*1H/i;;;;;19*1+1D. The molecule has 0 spiro atoms. The van der Waals surface area contributed by atoms with Crippen LogP contribution in [0.15, 0.2) is 490 Å². The molecule has 0 fully saturated rings. The average molecular weight is 1970 g/mol. The van der Waals surface area contributed by atoms with Gasteiger partial charge in [-0.3, -0.25) is 9.97 Å². The molecule has 0 amide bonds. The maximum atomic E-state index is 9.67. The van der Waals surface area contributed by atoms with Gasteiger partial charge < -0.3 is 10.0 Å². The number of halogens is 1. The molecular formula is C129H124B2BrN4O2S2. The van der Waals surface area contributed by atoms with Crippen LogP contribution in [0.25, 0.3) is 250 Å². The van der Waals surface area contributed by atoms with Gasteiger partial charge in [-0.25, -0.2) is 9.97 Å². The van der Waals surface area contributed by atoms with Crippen molar-refractivity contribution in [3.05, 3.63) is 490 Å². The van der Waals surface area contributed by atoms with Gasteiger partial charge in [0.05, 0.1) is 33.5 Å². The predicted octanol–water partition coefficient (Wildman–Crippen LogP) is 39.3. The van der Waals surface area contributed by atoms with Crippen LogP contribution in [0.1, 0.15) is 63.8 Å². The van der Waals surface area contributed by atoms with Gasteiger partial charge in [-0.2, -0.15) is 0 Å². The first kappa shape index (κ1) is 69.4. The first-order valence-corrected chi connectivity index (χ1v) is 48.8. The maximum absolute atomic E-state index is 9.67. The van der Waals surface area contributed by atoms with Crippen LogP contribution in [-0.2, 0) is 0 Å². The Morgan fingerprint density at radius 3 is 0.864 bits per heavy atom. The van der Waals surface area contributed by atoms with Crippen LogP contribution in [0.5, 0.6) is 0 Å². The van der Waals surface area contributed by atoms with Gasteiger partial charge in [-0.1, -0.05) is 454 Å². The van der Waals surface area contributed by atoms with Crippen molar-refractivity contribution in [2.24, 2.45) is 0 Å². The minimum absolute atomic E-state index is 0. The van der Waals surface area contributed by atoms with Crippen LogP contribution in [0.2, 0.25) is 0 Å². The summed E-state index contributed by atoms with van der Waals surface area (Å²) < 4.78 is 191. The van der Waals surface area contributed by atoms with Crippen molar-refractivity contribution in [2.45, 2.75) is 7.43 Å². The lowest BCUT2D eigenvalue weighted by Gasteiger charge is -2.18. The third kappa shape index (κ3) is 16.3. The van der Waals surface area contributed by atoms with Crippen molar-refractivity contribution < 1.29 is 66.5 Å². The fourth-order valence-corrected chi connectivity index (χ4v) is 23.7. The Hall–Kier alpha value is -16.5. The molecule has 6 heterocycles.